The van der Waals surface area contributed by atoms with Crippen LogP contribution >= 0.6 is 0 Å². The minimum Gasteiger partial charge on any atom is -0.344 e. The summed E-state index contributed by atoms with van der Waals surface area (Å²) in [5.74, 6) is 0.419. The fourth-order valence-corrected chi connectivity index (χ4v) is 4.42. The molecule has 34 heavy (non-hydrogen) atoms. The Morgan fingerprint density at radius 1 is 1.03 bits per heavy atom. The van der Waals surface area contributed by atoms with Gasteiger partial charge in [-0.25, -0.2) is 0 Å². The summed E-state index contributed by atoms with van der Waals surface area (Å²) in [6, 6.07) is 16.8. The highest BCUT2D eigenvalue weighted by Gasteiger charge is 2.30. The maximum Gasteiger partial charge on any atom is 0.416 e. The van der Waals surface area contributed by atoms with Crippen molar-refractivity contribution < 1.29 is 18.0 Å². The van der Waals surface area contributed by atoms with Crippen LogP contribution in [0.4, 0.5) is 13.2 Å². The summed E-state index contributed by atoms with van der Waals surface area (Å²) in [4.78, 5) is 15.5. The van der Waals surface area contributed by atoms with Crippen LogP contribution in [0.25, 0.3) is 11.3 Å². The van der Waals surface area contributed by atoms with Crippen LogP contribution in [0.15, 0.2) is 60.7 Å². The maximum absolute atomic E-state index is 13.2. The van der Waals surface area contributed by atoms with Crippen LogP contribution in [-0.2, 0) is 19.1 Å². The van der Waals surface area contributed by atoms with Gasteiger partial charge >= 0.3 is 6.18 Å². The molecule has 0 spiro atoms. The molecule has 3 rings (SSSR count). The topological polar surface area (TPSA) is 25.2 Å². The average molecular weight is 471 g/mol. The quantitative estimate of drug-likeness (QED) is 0.302. The van der Waals surface area contributed by atoms with Crippen molar-refractivity contribution >= 4 is 5.78 Å². The Bertz CT molecular complexity index is 1100. The lowest BCUT2D eigenvalue weighted by atomic mass is 10.0. The minimum absolute atomic E-state index is 0.0693. The van der Waals surface area contributed by atoms with E-state index in [9.17, 15) is 18.0 Å². The highest BCUT2D eigenvalue weighted by molar-refractivity contribution is 6.00. The molecule has 0 N–H and O–H groups in total. The summed E-state index contributed by atoms with van der Waals surface area (Å²) in [5.41, 5.74) is 3.01. The highest BCUT2D eigenvalue weighted by atomic mass is 19.4. The van der Waals surface area contributed by atoms with Gasteiger partial charge in [0.25, 0.3) is 0 Å². The highest BCUT2D eigenvalue weighted by Crippen LogP contribution is 2.31. The van der Waals surface area contributed by atoms with E-state index in [2.05, 4.69) is 30.4 Å². The number of hydrogen-bond acceptors (Lipinski definition) is 2. The largest absolute Gasteiger partial charge is 0.416 e. The summed E-state index contributed by atoms with van der Waals surface area (Å²) in [5, 5.41) is 0. The van der Waals surface area contributed by atoms with Crippen LogP contribution in [0, 0.1) is 12.8 Å². The summed E-state index contributed by atoms with van der Waals surface area (Å²) in [7, 11) is 2.12. The molecule has 182 valence electrons. The number of alkyl halides is 3. The molecular weight excluding hydrogens is 437 g/mol. The van der Waals surface area contributed by atoms with Crippen molar-refractivity contribution in [3.05, 3.63) is 83.0 Å². The maximum atomic E-state index is 13.2. The van der Waals surface area contributed by atoms with Gasteiger partial charge < -0.3 is 9.47 Å². The summed E-state index contributed by atoms with van der Waals surface area (Å²) in [6.07, 6.45) is -3.57. The molecule has 3 nitrogen and oxygen atoms in total. The lowest BCUT2D eigenvalue weighted by Gasteiger charge is -2.20. The summed E-state index contributed by atoms with van der Waals surface area (Å²) >= 11 is 0. The van der Waals surface area contributed by atoms with Gasteiger partial charge in [0.2, 0.25) is 0 Å². The Kier molecular flexibility index (Phi) is 8.37. The summed E-state index contributed by atoms with van der Waals surface area (Å²) < 4.78 is 41.4. The van der Waals surface area contributed by atoms with Crippen LogP contribution in [0.5, 0.6) is 0 Å². The van der Waals surface area contributed by atoms with Crippen molar-refractivity contribution in [2.45, 2.75) is 46.3 Å². The van der Waals surface area contributed by atoms with Gasteiger partial charge in [0, 0.05) is 36.5 Å². The van der Waals surface area contributed by atoms with E-state index in [0.29, 0.717) is 17.0 Å². The molecule has 3 aromatic rings. The lowest BCUT2D eigenvalue weighted by Crippen LogP contribution is -2.25. The molecule has 1 aromatic heterocycles. The molecule has 0 fully saturated rings. The van der Waals surface area contributed by atoms with E-state index in [-0.39, 0.29) is 12.2 Å². The SMILES string of the molecule is Cc1c(C(=O)Cc2cccc(C(F)(F)F)c2)cc(-c2ccccc2)n1CCCN(C)CC(C)C. The number of carbonyl (C=O) groups excluding carboxylic acids is 1. The van der Waals surface area contributed by atoms with Crippen molar-refractivity contribution in [3.63, 3.8) is 0 Å². The average Bonchev–Trinajstić information content (AvgIpc) is 3.10. The van der Waals surface area contributed by atoms with Crippen LogP contribution in [-0.4, -0.2) is 35.4 Å². The second-order valence-electron chi connectivity index (χ2n) is 9.35. The first-order valence-electron chi connectivity index (χ1n) is 11.7. The second kappa shape index (κ2) is 11.0. The van der Waals surface area contributed by atoms with Gasteiger partial charge in [-0.3, -0.25) is 4.79 Å². The van der Waals surface area contributed by atoms with Gasteiger partial charge in [0.15, 0.2) is 5.78 Å². The van der Waals surface area contributed by atoms with Gasteiger partial charge in [0.1, 0.15) is 0 Å². The standard InChI is InChI=1S/C28H33F3N2O/c1-20(2)19-32(4)14-9-15-33-21(3)25(18-26(33)23-11-6-5-7-12-23)27(34)17-22-10-8-13-24(16-22)28(29,30)31/h5-8,10-13,16,18,20H,9,14-15,17,19H2,1-4H3. The third-order valence-corrected chi connectivity index (χ3v) is 5.95. The molecule has 0 atom stereocenters. The van der Waals surface area contributed by atoms with Gasteiger partial charge in [-0.15, -0.1) is 0 Å². The number of hydrogen-bond donors (Lipinski definition) is 0. The van der Waals surface area contributed by atoms with Crippen LogP contribution < -0.4 is 0 Å². The number of nitrogens with zero attached hydrogens (tertiary/aromatic N) is 2. The number of carbonyl (C=O) groups is 1. The molecule has 0 aliphatic carbocycles. The zero-order valence-corrected chi connectivity index (χ0v) is 20.3. The Labute approximate surface area is 200 Å². The number of rotatable bonds is 10. The normalized spacial score (nSPS) is 12.0. The molecule has 0 saturated heterocycles. The van der Waals surface area contributed by atoms with Gasteiger partial charge in [-0.05, 0) is 56.1 Å². The molecule has 6 heteroatoms. The number of aromatic nitrogens is 1. The van der Waals surface area contributed by atoms with E-state index in [4.69, 9.17) is 0 Å². The molecule has 0 bridgehead atoms. The van der Waals surface area contributed by atoms with E-state index < -0.39 is 11.7 Å². The van der Waals surface area contributed by atoms with Crippen LogP contribution in [0.1, 0.15) is 47.4 Å². The van der Waals surface area contributed by atoms with E-state index in [0.717, 1.165) is 55.1 Å². The zero-order valence-electron chi connectivity index (χ0n) is 20.3. The Morgan fingerprint density at radius 3 is 2.38 bits per heavy atom. The fourth-order valence-electron chi connectivity index (χ4n) is 4.42. The summed E-state index contributed by atoms with van der Waals surface area (Å²) in [6.45, 7) is 9.04. The van der Waals surface area contributed by atoms with E-state index in [1.165, 1.54) is 6.07 Å². The Morgan fingerprint density at radius 2 is 1.74 bits per heavy atom. The molecule has 0 unspecified atom stereocenters. The molecule has 1 heterocycles. The van der Waals surface area contributed by atoms with E-state index >= 15 is 0 Å². The fraction of sp³-hybridized carbons (Fsp3) is 0.393. The minimum atomic E-state index is -4.43. The van der Waals surface area contributed by atoms with Gasteiger partial charge in [0.05, 0.1) is 5.56 Å². The molecule has 0 radical (unpaired) electrons. The molecule has 0 aliphatic heterocycles. The van der Waals surface area contributed by atoms with Gasteiger partial charge in [-0.1, -0.05) is 62.4 Å². The Balaban J connectivity index is 1.86. The molecule has 0 amide bonds. The second-order valence-corrected chi connectivity index (χ2v) is 9.35. The van der Waals surface area contributed by atoms with Crippen molar-refractivity contribution in [2.75, 3.05) is 20.1 Å². The first-order valence-corrected chi connectivity index (χ1v) is 11.7. The number of benzene rings is 2. The number of Topliss-reactive ketones (excluding diaryl/α,β-unsaturated/α-hetero) is 1. The van der Waals surface area contributed by atoms with Crippen molar-refractivity contribution in [1.82, 2.24) is 9.47 Å². The lowest BCUT2D eigenvalue weighted by molar-refractivity contribution is -0.137. The van der Waals surface area contributed by atoms with Gasteiger partial charge in [-0.2, -0.15) is 13.2 Å². The first kappa shape index (κ1) is 25.8. The third kappa shape index (κ3) is 6.60. The predicted molar refractivity (Wildman–Crippen MR) is 131 cm³/mol. The van der Waals surface area contributed by atoms with E-state index in [1.807, 2.05) is 43.3 Å². The van der Waals surface area contributed by atoms with Crippen molar-refractivity contribution in [1.29, 1.82) is 0 Å². The smallest absolute Gasteiger partial charge is 0.344 e. The molecule has 2 aromatic carbocycles. The molecule has 0 aliphatic rings. The molecular formula is C28H33F3N2O. The number of ketones is 1. The monoisotopic (exact) mass is 470 g/mol. The van der Waals surface area contributed by atoms with Crippen LogP contribution in [0.2, 0.25) is 0 Å². The zero-order chi connectivity index (χ0) is 24.9. The number of halogens is 3. The van der Waals surface area contributed by atoms with Crippen molar-refractivity contribution in [2.24, 2.45) is 5.92 Å². The van der Waals surface area contributed by atoms with Crippen LogP contribution in [0.3, 0.4) is 0 Å². The Hall–Kier alpha value is -2.86. The first-order chi connectivity index (χ1) is 16.1. The van der Waals surface area contributed by atoms with E-state index in [1.54, 1.807) is 6.07 Å². The third-order valence-electron chi connectivity index (χ3n) is 5.95. The van der Waals surface area contributed by atoms with Crippen molar-refractivity contribution in [3.8, 4) is 11.3 Å². The predicted octanol–water partition coefficient (Wildman–Crippen LogP) is 6.89. The molecule has 0 saturated carbocycles.